The molecule has 3 aliphatic heterocycles. The first-order valence-corrected chi connectivity index (χ1v) is 14.7. The monoisotopic (exact) mass is 584 g/mol. The van der Waals surface area contributed by atoms with Crippen molar-refractivity contribution in [3.8, 4) is 28.7 Å². The van der Waals surface area contributed by atoms with Crippen LogP contribution in [0, 0.1) is 5.92 Å². The zero-order valence-electron chi connectivity index (χ0n) is 24.3. The second-order valence-electron chi connectivity index (χ2n) is 10.9. The fourth-order valence-electron chi connectivity index (χ4n) is 6.29. The number of amides is 1. The Kier molecular flexibility index (Phi) is 9.58. The molecule has 0 radical (unpaired) electrons. The van der Waals surface area contributed by atoms with E-state index in [4.69, 9.17) is 23.7 Å². The fraction of sp³-hybridized carbons (Fsp3) is 0.548. The molecule has 3 aliphatic rings. The Morgan fingerprint density at radius 1 is 1.05 bits per heavy atom. The van der Waals surface area contributed by atoms with Gasteiger partial charge in [-0.1, -0.05) is 25.5 Å². The number of carboxylic acid groups (broad SMARTS) is 1. The lowest BCUT2D eigenvalue weighted by Gasteiger charge is -2.30. The van der Waals surface area contributed by atoms with Gasteiger partial charge >= 0.3 is 5.97 Å². The number of methoxy groups -OCH3 is 1. The lowest BCUT2D eigenvalue weighted by molar-refractivity contribution is -0.143. The van der Waals surface area contributed by atoms with Crippen LogP contribution in [-0.4, -0.2) is 91.4 Å². The first kappa shape index (κ1) is 29.8. The standard InChI is InChI=1S/C31H40N2O9/c1-3-4-11-32(12-6-13-34)27(35)17-33-16-22(21-14-25(38-2)30-26(15-21)40-19-42-30)28(31(36)37)23(33)10-9-20-7-5-8-24-29(20)41-18-39-24/h5,7-8,14-15,22-23,28,34H,3-4,6,9-13,16-19H2,1-2H3,(H,36,37)/t22-,23+,28-/m1/s1. The van der Waals surface area contributed by atoms with E-state index >= 15 is 0 Å². The average Bonchev–Trinajstić information content (AvgIpc) is 3.74. The summed E-state index contributed by atoms with van der Waals surface area (Å²) < 4.78 is 28.0. The van der Waals surface area contributed by atoms with Crippen molar-refractivity contribution in [3.05, 3.63) is 41.5 Å². The summed E-state index contributed by atoms with van der Waals surface area (Å²) in [6.07, 6.45) is 3.37. The number of para-hydroxylation sites is 1. The van der Waals surface area contributed by atoms with Crippen molar-refractivity contribution in [2.24, 2.45) is 5.92 Å². The third-order valence-electron chi connectivity index (χ3n) is 8.39. The molecule has 0 aliphatic carbocycles. The summed E-state index contributed by atoms with van der Waals surface area (Å²) in [6.45, 7) is 3.84. The van der Waals surface area contributed by atoms with Crippen LogP contribution in [0.1, 0.15) is 49.7 Å². The number of carbonyl (C=O) groups excluding carboxylic acids is 1. The molecule has 0 saturated carbocycles. The molecule has 0 bridgehead atoms. The maximum absolute atomic E-state index is 13.6. The van der Waals surface area contributed by atoms with Crippen LogP contribution in [0.3, 0.4) is 0 Å². The maximum Gasteiger partial charge on any atom is 0.308 e. The minimum Gasteiger partial charge on any atom is -0.493 e. The number of unbranched alkanes of at least 4 members (excludes halogenated alkanes) is 1. The van der Waals surface area contributed by atoms with E-state index in [2.05, 4.69) is 6.92 Å². The summed E-state index contributed by atoms with van der Waals surface area (Å²) in [6, 6.07) is 8.96. The van der Waals surface area contributed by atoms with Gasteiger partial charge in [-0.15, -0.1) is 0 Å². The molecule has 1 amide bonds. The second kappa shape index (κ2) is 13.5. The highest BCUT2D eigenvalue weighted by atomic mass is 16.7. The number of aliphatic hydroxyl groups excluding tert-OH is 1. The van der Waals surface area contributed by atoms with Crippen LogP contribution >= 0.6 is 0 Å². The normalized spacial score (nSPS) is 20.6. The van der Waals surface area contributed by atoms with Gasteiger partial charge in [-0.3, -0.25) is 14.5 Å². The number of fused-ring (bicyclic) bond motifs is 2. The van der Waals surface area contributed by atoms with E-state index in [0.29, 0.717) is 67.6 Å². The molecule has 0 unspecified atom stereocenters. The summed E-state index contributed by atoms with van der Waals surface area (Å²) in [5.41, 5.74) is 1.71. The smallest absolute Gasteiger partial charge is 0.308 e. The van der Waals surface area contributed by atoms with E-state index in [1.54, 1.807) is 12.0 Å². The molecule has 42 heavy (non-hydrogen) atoms. The van der Waals surface area contributed by atoms with Crippen molar-refractivity contribution in [1.29, 1.82) is 0 Å². The molecular weight excluding hydrogens is 544 g/mol. The number of hydrogen-bond donors (Lipinski definition) is 2. The Labute approximate surface area is 245 Å². The molecule has 0 aromatic heterocycles. The fourth-order valence-corrected chi connectivity index (χ4v) is 6.29. The minimum absolute atomic E-state index is 0.00450. The number of aliphatic carboxylic acids is 1. The molecule has 3 atom stereocenters. The number of nitrogens with zero attached hydrogens (tertiary/aromatic N) is 2. The highest BCUT2D eigenvalue weighted by Gasteiger charge is 2.47. The number of ether oxygens (including phenoxy) is 5. The predicted molar refractivity (Wildman–Crippen MR) is 152 cm³/mol. The van der Waals surface area contributed by atoms with Crippen LogP contribution in [0.4, 0.5) is 0 Å². The largest absolute Gasteiger partial charge is 0.493 e. The van der Waals surface area contributed by atoms with Crippen molar-refractivity contribution < 1.29 is 43.5 Å². The van der Waals surface area contributed by atoms with Crippen molar-refractivity contribution >= 4 is 11.9 Å². The Morgan fingerprint density at radius 2 is 1.81 bits per heavy atom. The van der Waals surface area contributed by atoms with Gasteiger partial charge in [0.2, 0.25) is 25.2 Å². The van der Waals surface area contributed by atoms with Gasteiger partial charge in [-0.2, -0.15) is 0 Å². The molecule has 2 aromatic rings. The SMILES string of the molecule is CCCCN(CCCO)C(=O)CN1C[C@H](c2cc(OC)c3c(c2)OCO3)[C@@H](C(=O)O)[C@@H]1CCc1cccc2c1OCO2. The molecule has 3 heterocycles. The molecule has 228 valence electrons. The zero-order chi connectivity index (χ0) is 29.6. The molecule has 1 saturated heterocycles. The van der Waals surface area contributed by atoms with E-state index in [-0.39, 0.29) is 32.6 Å². The van der Waals surface area contributed by atoms with E-state index < -0.39 is 23.8 Å². The van der Waals surface area contributed by atoms with Gasteiger partial charge in [-0.25, -0.2) is 0 Å². The van der Waals surface area contributed by atoms with Crippen LogP contribution in [0.2, 0.25) is 0 Å². The molecular formula is C31H40N2O9. The highest BCUT2D eigenvalue weighted by molar-refractivity contribution is 5.79. The average molecular weight is 585 g/mol. The number of likely N-dealkylation sites (tertiary alicyclic amines) is 1. The summed E-state index contributed by atoms with van der Waals surface area (Å²) in [5, 5.41) is 20.0. The molecule has 2 aromatic carbocycles. The summed E-state index contributed by atoms with van der Waals surface area (Å²) >= 11 is 0. The Balaban J connectivity index is 1.45. The number of benzene rings is 2. The molecule has 11 heteroatoms. The Hall–Kier alpha value is -3.70. The maximum atomic E-state index is 13.6. The lowest BCUT2D eigenvalue weighted by Crippen LogP contribution is -2.45. The first-order valence-electron chi connectivity index (χ1n) is 14.7. The number of hydrogen-bond acceptors (Lipinski definition) is 9. The Bertz CT molecular complexity index is 1260. The zero-order valence-corrected chi connectivity index (χ0v) is 24.3. The topological polar surface area (TPSA) is 127 Å². The molecule has 1 fully saturated rings. The summed E-state index contributed by atoms with van der Waals surface area (Å²) in [7, 11) is 1.54. The third-order valence-corrected chi connectivity index (χ3v) is 8.39. The van der Waals surface area contributed by atoms with Crippen molar-refractivity contribution in [1.82, 2.24) is 9.80 Å². The van der Waals surface area contributed by atoms with Crippen molar-refractivity contribution in [2.75, 3.05) is 53.5 Å². The predicted octanol–water partition coefficient (Wildman–Crippen LogP) is 3.27. The number of aryl methyl sites for hydroxylation is 1. The van der Waals surface area contributed by atoms with Gasteiger partial charge in [0.15, 0.2) is 23.0 Å². The van der Waals surface area contributed by atoms with Gasteiger partial charge in [-0.05, 0) is 55.0 Å². The first-order chi connectivity index (χ1) is 20.4. The quantitative estimate of drug-likeness (QED) is 0.342. The van der Waals surface area contributed by atoms with E-state index in [1.165, 1.54) is 0 Å². The number of carboxylic acids is 1. The molecule has 0 spiro atoms. The van der Waals surface area contributed by atoms with Crippen LogP contribution in [0.15, 0.2) is 30.3 Å². The number of rotatable bonds is 14. The van der Waals surface area contributed by atoms with Gasteiger partial charge in [0.25, 0.3) is 0 Å². The number of carbonyl (C=O) groups is 2. The van der Waals surface area contributed by atoms with Crippen molar-refractivity contribution in [3.63, 3.8) is 0 Å². The highest BCUT2D eigenvalue weighted by Crippen LogP contribution is 2.47. The summed E-state index contributed by atoms with van der Waals surface area (Å²) in [5.74, 6) is 0.714. The summed E-state index contributed by atoms with van der Waals surface area (Å²) in [4.78, 5) is 30.4. The van der Waals surface area contributed by atoms with Gasteiger partial charge in [0, 0.05) is 38.2 Å². The van der Waals surface area contributed by atoms with Crippen LogP contribution in [-0.2, 0) is 16.0 Å². The van der Waals surface area contributed by atoms with E-state index in [9.17, 15) is 19.8 Å². The molecule has 2 N–H and O–H groups in total. The second-order valence-corrected chi connectivity index (χ2v) is 10.9. The van der Waals surface area contributed by atoms with Gasteiger partial charge in [0.05, 0.1) is 19.6 Å². The molecule has 5 rings (SSSR count). The van der Waals surface area contributed by atoms with Crippen LogP contribution in [0.25, 0.3) is 0 Å². The van der Waals surface area contributed by atoms with Gasteiger partial charge < -0.3 is 38.8 Å². The van der Waals surface area contributed by atoms with Gasteiger partial charge in [0.1, 0.15) is 0 Å². The Morgan fingerprint density at radius 3 is 2.55 bits per heavy atom. The lowest BCUT2D eigenvalue weighted by atomic mass is 9.83. The third kappa shape index (κ3) is 6.22. The van der Waals surface area contributed by atoms with Crippen LogP contribution < -0.4 is 23.7 Å². The van der Waals surface area contributed by atoms with E-state index in [0.717, 1.165) is 24.0 Å². The number of aliphatic hydroxyl groups is 1. The van der Waals surface area contributed by atoms with Crippen molar-refractivity contribution in [2.45, 2.75) is 51.0 Å². The van der Waals surface area contributed by atoms with Crippen LogP contribution in [0.5, 0.6) is 28.7 Å². The minimum atomic E-state index is -0.919. The molecule has 11 nitrogen and oxygen atoms in total. The van der Waals surface area contributed by atoms with E-state index in [1.807, 2.05) is 35.2 Å².